The minimum Gasteiger partial charge on any atom is -0.390 e. The zero-order valence-electron chi connectivity index (χ0n) is 16.9. The van der Waals surface area contributed by atoms with Crippen LogP contribution in [0.25, 0.3) is 20.8 Å². The fourth-order valence-corrected chi connectivity index (χ4v) is 5.04. The summed E-state index contributed by atoms with van der Waals surface area (Å²) in [7, 11) is 5.24. The Morgan fingerprint density at radius 1 is 1.20 bits per heavy atom. The number of aliphatic hydroxyl groups is 2. The van der Waals surface area contributed by atoms with Gasteiger partial charge in [0.2, 0.25) is 5.95 Å². The SMILES string of the molecule is COC[C@H]1C[C@@H](Nc2nc(N(C)C)nc(Cl)c2-c2nc3ccccc3s2)[C@H](O)[C@@H]1O. The van der Waals surface area contributed by atoms with Crippen molar-refractivity contribution in [3.8, 4) is 10.6 Å². The maximum absolute atomic E-state index is 10.6. The third-order valence-electron chi connectivity index (χ3n) is 5.27. The molecular formula is C20H24ClN5O3S. The van der Waals surface area contributed by atoms with Crippen LogP contribution < -0.4 is 10.2 Å². The molecule has 1 fully saturated rings. The molecule has 1 aromatic carbocycles. The number of ether oxygens (including phenoxy) is 1. The topological polar surface area (TPSA) is 104 Å². The molecule has 0 radical (unpaired) electrons. The fraction of sp³-hybridized carbons (Fsp3) is 0.450. The molecule has 0 unspecified atom stereocenters. The van der Waals surface area contributed by atoms with E-state index in [4.69, 9.17) is 21.3 Å². The monoisotopic (exact) mass is 449 g/mol. The Hall–Kier alpha value is -2.04. The molecule has 0 saturated heterocycles. The molecule has 3 aromatic rings. The Bertz CT molecular complexity index is 1010. The summed E-state index contributed by atoms with van der Waals surface area (Å²) in [5.74, 6) is 0.750. The van der Waals surface area contributed by atoms with Crippen molar-refractivity contribution in [2.45, 2.75) is 24.7 Å². The molecule has 10 heteroatoms. The number of halogens is 1. The lowest BCUT2D eigenvalue weighted by molar-refractivity contribution is -0.00195. The van der Waals surface area contributed by atoms with Gasteiger partial charge in [0.25, 0.3) is 0 Å². The minimum absolute atomic E-state index is 0.168. The second-order valence-corrected chi connectivity index (χ2v) is 8.99. The van der Waals surface area contributed by atoms with Crippen molar-refractivity contribution in [2.24, 2.45) is 5.92 Å². The van der Waals surface area contributed by atoms with Crippen molar-refractivity contribution < 1.29 is 14.9 Å². The van der Waals surface area contributed by atoms with Crippen molar-refractivity contribution in [3.05, 3.63) is 29.4 Å². The lowest BCUT2D eigenvalue weighted by atomic mass is 10.1. The molecule has 160 valence electrons. The number of anilines is 2. The lowest BCUT2D eigenvalue weighted by Gasteiger charge is -2.21. The molecule has 0 amide bonds. The third-order valence-corrected chi connectivity index (χ3v) is 6.59. The number of hydrogen-bond acceptors (Lipinski definition) is 9. The number of methoxy groups -OCH3 is 1. The summed E-state index contributed by atoms with van der Waals surface area (Å²) in [6.45, 7) is 0.370. The summed E-state index contributed by atoms with van der Waals surface area (Å²) < 4.78 is 6.21. The summed E-state index contributed by atoms with van der Waals surface area (Å²) in [5.41, 5.74) is 1.45. The van der Waals surface area contributed by atoms with Gasteiger partial charge < -0.3 is 25.2 Å². The first-order valence-electron chi connectivity index (χ1n) is 9.61. The van der Waals surface area contributed by atoms with E-state index in [0.717, 1.165) is 10.2 Å². The average molecular weight is 450 g/mol. The predicted molar refractivity (Wildman–Crippen MR) is 119 cm³/mol. The van der Waals surface area contributed by atoms with E-state index in [2.05, 4.69) is 15.3 Å². The van der Waals surface area contributed by atoms with Gasteiger partial charge in [-0.25, -0.2) is 9.97 Å². The van der Waals surface area contributed by atoms with E-state index >= 15 is 0 Å². The number of fused-ring (bicyclic) bond motifs is 1. The second-order valence-electron chi connectivity index (χ2n) is 7.60. The first kappa shape index (κ1) is 21.2. The van der Waals surface area contributed by atoms with Gasteiger partial charge in [-0.15, -0.1) is 11.3 Å². The van der Waals surface area contributed by atoms with E-state index in [-0.39, 0.29) is 11.1 Å². The van der Waals surface area contributed by atoms with Gasteiger partial charge in [-0.05, 0) is 18.6 Å². The number of hydrogen-bond donors (Lipinski definition) is 3. The van der Waals surface area contributed by atoms with E-state index in [1.165, 1.54) is 11.3 Å². The van der Waals surface area contributed by atoms with Crippen molar-refractivity contribution in [1.29, 1.82) is 0 Å². The summed E-state index contributed by atoms with van der Waals surface area (Å²) in [5, 5.41) is 25.2. The smallest absolute Gasteiger partial charge is 0.228 e. The Kier molecular flexibility index (Phi) is 6.08. The van der Waals surface area contributed by atoms with Gasteiger partial charge in [0.05, 0.1) is 34.5 Å². The largest absolute Gasteiger partial charge is 0.390 e. The Morgan fingerprint density at radius 3 is 2.67 bits per heavy atom. The Labute approximate surface area is 183 Å². The van der Waals surface area contributed by atoms with Gasteiger partial charge >= 0.3 is 0 Å². The van der Waals surface area contributed by atoms with Crippen LogP contribution in [0.5, 0.6) is 0 Å². The van der Waals surface area contributed by atoms with Crippen LogP contribution in [0.1, 0.15) is 6.42 Å². The normalized spacial score (nSPS) is 23.8. The highest BCUT2D eigenvalue weighted by molar-refractivity contribution is 7.21. The number of rotatable bonds is 6. The van der Waals surface area contributed by atoms with Crippen molar-refractivity contribution >= 4 is 44.9 Å². The van der Waals surface area contributed by atoms with Crippen LogP contribution in [0.15, 0.2) is 24.3 Å². The minimum atomic E-state index is -0.954. The van der Waals surface area contributed by atoms with Gasteiger partial charge in [-0.3, -0.25) is 0 Å². The molecule has 2 aromatic heterocycles. The van der Waals surface area contributed by atoms with E-state index in [9.17, 15) is 10.2 Å². The van der Waals surface area contributed by atoms with Gasteiger partial charge in [-0.2, -0.15) is 4.98 Å². The molecule has 4 atom stereocenters. The highest BCUT2D eigenvalue weighted by Gasteiger charge is 2.42. The maximum atomic E-state index is 10.6. The number of aliphatic hydroxyl groups excluding tert-OH is 2. The number of thiazole rings is 1. The summed E-state index contributed by atoms with van der Waals surface area (Å²) >= 11 is 8.09. The molecule has 8 nitrogen and oxygen atoms in total. The molecule has 2 heterocycles. The lowest BCUT2D eigenvalue weighted by Crippen LogP contribution is -2.36. The molecule has 0 spiro atoms. The van der Waals surface area contributed by atoms with Crippen LogP contribution in [0.4, 0.5) is 11.8 Å². The number of benzene rings is 1. The quantitative estimate of drug-likeness (QED) is 0.493. The number of nitrogens with zero attached hydrogens (tertiary/aromatic N) is 4. The number of nitrogens with one attached hydrogen (secondary N) is 1. The van der Waals surface area contributed by atoms with Gasteiger partial charge in [0.1, 0.15) is 22.1 Å². The highest BCUT2D eigenvalue weighted by atomic mass is 35.5. The number of aromatic nitrogens is 3. The zero-order chi connectivity index (χ0) is 21.4. The first-order valence-corrected chi connectivity index (χ1v) is 10.8. The van der Waals surface area contributed by atoms with Crippen LogP contribution in [-0.4, -0.2) is 71.2 Å². The molecule has 1 aliphatic carbocycles. The molecule has 1 saturated carbocycles. The summed E-state index contributed by atoms with van der Waals surface area (Å²) in [6, 6.07) is 7.43. The van der Waals surface area contributed by atoms with Crippen LogP contribution in [0.3, 0.4) is 0 Å². The average Bonchev–Trinajstić information content (AvgIpc) is 3.24. The highest BCUT2D eigenvalue weighted by Crippen LogP contribution is 2.40. The van der Waals surface area contributed by atoms with E-state index in [0.29, 0.717) is 35.4 Å². The maximum Gasteiger partial charge on any atom is 0.228 e. The summed E-state index contributed by atoms with van der Waals surface area (Å²) in [6.07, 6.45) is -1.29. The van der Waals surface area contributed by atoms with Gasteiger partial charge in [0.15, 0.2) is 0 Å². The zero-order valence-corrected chi connectivity index (χ0v) is 18.5. The van der Waals surface area contributed by atoms with E-state index in [1.807, 2.05) is 38.4 Å². The molecule has 4 rings (SSSR count). The van der Waals surface area contributed by atoms with Gasteiger partial charge in [-0.1, -0.05) is 23.7 Å². The Morgan fingerprint density at radius 2 is 1.97 bits per heavy atom. The molecule has 30 heavy (non-hydrogen) atoms. The van der Waals surface area contributed by atoms with E-state index in [1.54, 1.807) is 12.0 Å². The predicted octanol–water partition coefficient (Wildman–Crippen LogP) is 2.64. The van der Waals surface area contributed by atoms with Crippen molar-refractivity contribution in [3.63, 3.8) is 0 Å². The fourth-order valence-electron chi connectivity index (χ4n) is 3.72. The molecule has 3 N–H and O–H groups in total. The molecular weight excluding hydrogens is 426 g/mol. The molecule has 0 aliphatic heterocycles. The van der Waals surface area contributed by atoms with Crippen molar-refractivity contribution in [1.82, 2.24) is 15.0 Å². The first-order chi connectivity index (χ1) is 14.4. The van der Waals surface area contributed by atoms with Gasteiger partial charge in [0, 0.05) is 27.1 Å². The van der Waals surface area contributed by atoms with Crippen LogP contribution in [0.2, 0.25) is 5.15 Å². The molecule has 1 aliphatic rings. The molecule has 0 bridgehead atoms. The van der Waals surface area contributed by atoms with Crippen molar-refractivity contribution in [2.75, 3.05) is 38.0 Å². The standard InChI is InChI=1S/C20H24ClN5O3S/c1-26(2)20-24-17(21)14(19-23-11-6-4-5-7-13(11)30-19)18(25-20)22-12-8-10(9-29-3)15(27)16(12)28/h4-7,10,12,15-16,27-28H,8-9H2,1-3H3,(H,22,24,25)/t10-,12-,15-,16+/m1/s1. The second kappa shape index (κ2) is 8.60. The summed E-state index contributed by atoms with van der Waals surface area (Å²) in [4.78, 5) is 15.5. The van der Waals surface area contributed by atoms with Crippen LogP contribution in [-0.2, 0) is 4.74 Å². The number of para-hydroxylation sites is 1. The van der Waals surface area contributed by atoms with Crippen LogP contribution in [0, 0.1) is 5.92 Å². The Balaban J connectivity index is 1.75. The van der Waals surface area contributed by atoms with Crippen LogP contribution >= 0.6 is 22.9 Å². The van der Waals surface area contributed by atoms with E-state index < -0.39 is 18.2 Å². The third kappa shape index (κ3) is 3.95.